The van der Waals surface area contributed by atoms with Crippen LogP contribution in [-0.2, 0) is 11.3 Å². The Hall–Kier alpha value is -2.61. The number of carbonyl (C=O) groups excluding carboxylic acids is 1. The van der Waals surface area contributed by atoms with Crippen molar-refractivity contribution in [2.24, 2.45) is 0 Å². The molecule has 2 aromatic carbocycles. The lowest BCUT2D eigenvalue weighted by molar-refractivity contribution is -0.124. The molecule has 0 radical (unpaired) electrons. The van der Waals surface area contributed by atoms with Gasteiger partial charge in [0.05, 0.1) is 7.11 Å². The molecule has 0 bridgehead atoms. The van der Waals surface area contributed by atoms with E-state index in [9.17, 15) is 4.79 Å². The van der Waals surface area contributed by atoms with E-state index in [0.29, 0.717) is 31.3 Å². The molecule has 0 unspecified atom stereocenters. The van der Waals surface area contributed by atoms with Crippen LogP contribution >= 0.6 is 15.9 Å². The molecule has 0 spiro atoms. The zero-order chi connectivity index (χ0) is 21.7. The molecule has 1 heterocycles. The van der Waals surface area contributed by atoms with Crippen molar-refractivity contribution in [1.82, 2.24) is 5.32 Å². The van der Waals surface area contributed by atoms with Gasteiger partial charge in [0.15, 0.2) is 29.6 Å². The first-order valence-corrected chi connectivity index (χ1v) is 10.5. The van der Waals surface area contributed by atoms with Crippen LogP contribution in [0.3, 0.4) is 0 Å². The SMILES string of the molecule is COc1cc(CNc2ccc3c(c2)OCCO3)c(Br)cc1OCC(=O)NC(C)(C)C. The van der Waals surface area contributed by atoms with E-state index in [1.165, 1.54) is 0 Å². The summed E-state index contributed by atoms with van der Waals surface area (Å²) in [6.07, 6.45) is 0. The summed E-state index contributed by atoms with van der Waals surface area (Å²) in [5.74, 6) is 2.36. The Balaban J connectivity index is 1.65. The smallest absolute Gasteiger partial charge is 0.258 e. The maximum atomic E-state index is 12.0. The van der Waals surface area contributed by atoms with Crippen LogP contribution in [0.4, 0.5) is 5.69 Å². The molecule has 0 fully saturated rings. The predicted octanol–water partition coefficient (Wildman–Crippen LogP) is 4.13. The maximum Gasteiger partial charge on any atom is 0.258 e. The van der Waals surface area contributed by atoms with Gasteiger partial charge in [-0.2, -0.15) is 0 Å². The van der Waals surface area contributed by atoms with Gasteiger partial charge in [0.2, 0.25) is 0 Å². The third-order valence-electron chi connectivity index (χ3n) is 4.23. The topological polar surface area (TPSA) is 78.1 Å². The number of carbonyl (C=O) groups is 1. The molecule has 8 heteroatoms. The minimum Gasteiger partial charge on any atom is -0.493 e. The first-order chi connectivity index (χ1) is 14.2. The lowest BCUT2D eigenvalue weighted by atomic mass is 10.1. The molecule has 7 nitrogen and oxygen atoms in total. The lowest BCUT2D eigenvalue weighted by Gasteiger charge is -2.21. The van der Waals surface area contributed by atoms with Crippen molar-refractivity contribution in [2.45, 2.75) is 32.9 Å². The maximum absolute atomic E-state index is 12.0. The van der Waals surface area contributed by atoms with E-state index < -0.39 is 0 Å². The number of benzene rings is 2. The molecule has 0 saturated carbocycles. The average molecular weight is 479 g/mol. The minimum absolute atomic E-state index is 0.0884. The Morgan fingerprint density at radius 2 is 1.83 bits per heavy atom. The Labute approximate surface area is 185 Å². The fraction of sp³-hybridized carbons (Fsp3) is 0.409. The van der Waals surface area contributed by atoms with Crippen LogP contribution in [0, 0.1) is 0 Å². The van der Waals surface area contributed by atoms with E-state index >= 15 is 0 Å². The number of hydrogen-bond acceptors (Lipinski definition) is 6. The second-order valence-corrected chi connectivity index (χ2v) is 8.75. The Morgan fingerprint density at radius 3 is 2.53 bits per heavy atom. The Morgan fingerprint density at radius 1 is 1.10 bits per heavy atom. The van der Waals surface area contributed by atoms with Gasteiger partial charge in [-0.25, -0.2) is 0 Å². The van der Waals surface area contributed by atoms with E-state index in [2.05, 4.69) is 26.6 Å². The highest BCUT2D eigenvalue weighted by Crippen LogP contribution is 2.35. The van der Waals surface area contributed by atoms with Crippen molar-refractivity contribution >= 4 is 27.5 Å². The summed E-state index contributed by atoms with van der Waals surface area (Å²) in [5.41, 5.74) is 1.59. The Kier molecular flexibility index (Phi) is 6.97. The number of methoxy groups -OCH3 is 1. The van der Waals surface area contributed by atoms with Crippen molar-refractivity contribution in [3.8, 4) is 23.0 Å². The van der Waals surface area contributed by atoms with Crippen LogP contribution in [0.25, 0.3) is 0 Å². The number of halogens is 1. The molecule has 3 rings (SSSR count). The van der Waals surface area contributed by atoms with Gasteiger partial charge >= 0.3 is 0 Å². The second-order valence-electron chi connectivity index (χ2n) is 7.89. The molecule has 1 aliphatic rings. The summed E-state index contributed by atoms with van der Waals surface area (Å²) in [7, 11) is 1.57. The molecule has 30 heavy (non-hydrogen) atoms. The quantitative estimate of drug-likeness (QED) is 0.622. The summed E-state index contributed by atoms with van der Waals surface area (Å²) in [6.45, 7) is 7.35. The zero-order valence-corrected chi connectivity index (χ0v) is 19.2. The Bertz CT molecular complexity index is 911. The minimum atomic E-state index is -0.311. The van der Waals surface area contributed by atoms with Gasteiger partial charge < -0.3 is 29.6 Å². The molecular weight excluding hydrogens is 452 g/mol. The molecule has 0 aliphatic carbocycles. The van der Waals surface area contributed by atoms with Crippen LogP contribution in [-0.4, -0.2) is 38.4 Å². The summed E-state index contributed by atoms with van der Waals surface area (Å²) in [5, 5.41) is 6.24. The van der Waals surface area contributed by atoms with Crippen LogP contribution < -0.4 is 29.6 Å². The summed E-state index contributed by atoms with van der Waals surface area (Å²) >= 11 is 3.58. The zero-order valence-electron chi connectivity index (χ0n) is 17.6. The number of hydrogen-bond donors (Lipinski definition) is 2. The number of amides is 1. The molecule has 0 aromatic heterocycles. The van der Waals surface area contributed by atoms with E-state index in [1.807, 2.05) is 51.1 Å². The highest BCUT2D eigenvalue weighted by atomic mass is 79.9. The van der Waals surface area contributed by atoms with E-state index in [1.54, 1.807) is 7.11 Å². The average Bonchev–Trinajstić information content (AvgIpc) is 2.70. The summed E-state index contributed by atoms with van der Waals surface area (Å²) < 4.78 is 23.2. The van der Waals surface area contributed by atoms with Gasteiger partial charge in [-0.3, -0.25) is 4.79 Å². The van der Waals surface area contributed by atoms with Gasteiger partial charge in [-0.15, -0.1) is 0 Å². The standard InChI is InChI=1S/C22H27BrN2O5/c1-22(2,3)25-21(26)13-30-20-11-16(23)14(9-18(20)27-4)12-24-15-5-6-17-19(10-15)29-8-7-28-17/h5-6,9-11,24H,7-8,12-13H2,1-4H3,(H,25,26). The fourth-order valence-electron chi connectivity index (χ4n) is 2.93. The van der Waals surface area contributed by atoms with Crippen molar-refractivity contribution in [3.05, 3.63) is 40.4 Å². The van der Waals surface area contributed by atoms with Crippen LogP contribution in [0.2, 0.25) is 0 Å². The van der Waals surface area contributed by atoms with Crippen molar-refractivity contribution in [2.75, 3.05) is 32.2 Å². The molecule has 0 atom stereocenters. The summed E-state index contributed by atoms with van der Waals surface area (Å²) in [4.78, 5) is 12.0. The number of nitrogens with one attached hydrogen (secondary N) is 2. The van der Waals surface area contributed by atoms with Crippen molar-refractivity contribution < 1.29 is 23.7 Å². The first-order valence-electron chi connectivity index (χ1n) is 9.69. The fourth-order valence-corrected chi connectivity index (χ4v) is 3.40. The van der Waals surface area contributed by atoms with Crippen LogP contribution in [0.1, 0.15) is 26.3 Å². The second kappa shape index (κ2) is 9.47. The largest absolute Gasteiger partial charge is 0.493 e. The number of anilines is 1. The van der Waals surface area contributed by atoms with Gasteiger partial charge in [-0.1, -0.05) is 15.9 Å². The number of ether oxygens (including phenoxy) is 4. The highest BCUT2D eigenvalue weighted by molar-refractivity contribution is 9.10. The summed E-state index contributed by atoms with van der Waals surface area (Å²) in [6, 6.07) is 9.46. The predicted molar refractivity (Wildman–Crippen MR) is 119 cm³/mol. The monoisotopic (exact) mass is 478 g/mol. The normalized spacial score (nSPS) is 12.8. The van der Waals surface area contributed by atoms with E-state index in [4.69, 9.17) is 18.9 Å². The van der Waals surface area contributed by atoms with Crippen LogP contribution in [0.5, 0.6) is 23.0 Å². The third kappa shape index (κ3) is 5.95. The number of fused-ring (bicyclic) bond motifs is 1. The molecule has 0 saturated heterocycles. The van der Waals surface area contributed by atoms with Gasteiger partial charge in [-0.05, 0) is 50.6 Å². The lowest BCUT2D eigenvalue weighted by Crippen LogP contribution is -2.43. The van der Waals surface area contributed by atoms with Crippen molar-refractivity contribution in [1.29, 1.82) is 0 Å². The van der Waals surface area contributed by atoms with Gasteiger partial charge in [0.1, 0.15) is 13.2 Å². The number of rotatable bonds is 7. The highest BCUT2D eigenvalue weighted by Gasteiger charge is 2.17. The first kappa shape index (κ1) is 22.1. The molecule has 1 aliphatic heterocycles. The molecule has 2 aromatic rings. The molecule has 162 valence electrons. The van der Waals surface area contributed by atoms with Gasteiger partial charge in [0, 0.05) is 28.3 Å². The molecule has 1 amide bonds. The van der Waals surface area contributed by atoms with Crippen LogP contribution in [0.15, 0.2) is 34.8 Å². The molecular formula is C22H27BrN2O5. The third-order valence-corrected chi connectivity index (χ3v) is 4.97. The van der Waals surface area contributed by atoms with E-state index in [0.717, 1.165) is 27.2 Å². The van der Waals surface area contributed by atoms with E-state index in [-0.39, 0.29) is 18.1 Å². The van der Waals surface area contributed by atoms with Crippen molar-refractivity contribution in [3.63, 3.8) is 0 Å². The van der Waals surface area contributed by atoms with Gasteiger partial charge in [0.25, 0.3) is 5.91 Å². The molecule has 2 N–H and O–H groups in total.